The van der Waals surface area contributed by atoms with Crippen LogP contribution in [0.3, 0.4) is 0 Å². The van der Waals surface area contributed by atoms with Crippen LogP contribution < -0.4 is 16.4 Å². The second kappa shape index (κ2) is 6.75. The fraction of sp³-hybridized carbons (Fsp3) is 0.733. The molecule has 0 saturated heterocycles. The summed E-state index contributed by atoms with van der Waals surface area (Å²) in [5, 5.41) is 9.06. The summed E-state index contributed by atoms with van der Waals surface area (Å²) in [4.78, 5) is 16.5. The van der Waals surface area contributed by atoms with Gasteiger partial charge in [0.2, 0.25) is 0 Å². The Morgan fingerprint density at radius 3 is 2.62 bits per heavy atom. The highest BCUT2D eigenvalue weighted by atomic mass is 32.1. The van der Waals surface area contributed by atoms with Gasteiger partial charge in [-0.3, -0.25) is 4.79 Å². The molecule has 2 fully saturated rings. The number of carbonyl (C=O) groups excluding carboxylic acids is 1. The van der Waals surface area contributed by atoms with E-state index in [9.17, 15) is 4.79 Å². The van der Waals surface area contributed by atoms with Gasteiger partial charge in [0.15, 0.2) is 5.13 Å². The minimum Gasteiger partial charge on any atom is -0.359 e. The first-order valence-electron chi connectivity index (χ1n) is 7.95. The van der Waals surface area contributed by atoms with E-state index in [-0.39, 0.29) is 5.91 Å². The zero-order valence-corrected chi connectivity index (χ0v) is 13.1. The van der Waals surface area contributed by atoms with Crippen molar-refractivity contribution < 1.29 is 4.79 Å². The Balaban J connectivity index is 1.42. The first kappa shape index (κ1) is 14.8. The predicted octanol–water partition coefficient (Wildman–Crippen LogP) is 2.21. The predicted molar refractivity (Wildman–Crippen MR) is 85.6 cm³/mol. The van der Waals surface area contributed by atoms with Gasteiger partial charge in [-0.25, -0.2) is 4.98 Å². The van der Waals surface area contributed by atoms with E-state index in [0.717, 1.165) is 18.2 Å². The van der Waals surface area contributed by atoms with E-state index in [1.807, 2.05) is 5.38 Å². The van der Waals surface area contributed by atoms with Gasteiger partial charge in [0.25, 0.3) is 5.91 Å². The molecule has 1 amide bonds. The average Bonchev–Trinajstić information content (AvgIpc) is 3.20. The number of nitrogens with two attached hydrogens (primary N) is 1. The summed E-state index contributed by atoms with van der Waals surface area (Å²) in [6, 6.07) is 0.574. The summed E-state index contributed by atoms with van der Waals surface area (Å²) in [7, 11) is 0. The number of rotatable bonds is 6. The lowest BCUT2D eigenvalue weighted by Crippen LogP contribution is -2.32. The molecular weight excluding hydrogens is 284 g/mol. The maximum absolute atomic E-state index is 12.1. The van der Waals surface area contributed by atoms with Gasteiger partial charge < -0.3 is 16.4 Å². The van der Waals surface area contributed by atoms with E-state index in [1.54, 1.807) is 0 Å². The molecule has 0 aliphatic heterocycles. The summed E-state index contributed by atoms with van der Waals surface area (Å²) in [5.74, 6) is 1.24. The molecule has 0 radical (unpaired) electrons. The standard InChI is InChI=1S/C15H24N4OS/c16-7-10-1-3-11(4-2-10)8-17-14(20)13-9-21-15(19-13)18-12-5-6-12/h9-12H,1-8,16H2,(H,17,20)(H,18,19). The van der Waals surface area contributed by atoms with Crippen molar-refractivity contribution in [1.29, 1.82) is 0 Å². The van der Waals surface area contributed by atoms with E-state index in [4.69, 9.17) is 5.73 Å². The average molecular weight is 308 g/mol. The van der Waals surface area contributed by atoms with E-state index in [1.165, 1.54) is 49.9 Å². The van der Waals surface area contributed by atoms with Gasteiger partial charge in [-0.1, -0.05) is 0 Å². The summed E-state index contributed by atoms with van der Waals surface area (Å²) >= 11 is 1.51. The van der Waals surface area contributed by atoms with Crippen molar-refractivity contribution in [1.82, 2.24) is 10.3 Å². The molecule has 0 spiro atoms. The van der Waals surface area contributed by atoms with Crippen LogP contribution in [0.25, 0.3) is 0 Å². The van der Waals surface area contributed by atoms with Gasteiger partial charge in [-0.15, -0.1) is 11.3 Å². The Bertz CT molecular complexity index is 478. The minimum absolute atomic E-state index is 0.0453. The highest BCUT2D eigenvalue weighted by Gasteiger charge is 2.23. The first-order valence-corrected chi connectivity index (χ1v) is 8.83. The number of hydrogen-bond donors (Lipinski definition) is 3. The van der Waals surface area contributed by atoms with Crippen LogP contribution in [-0.2, 0) is 0 Å². The third-order valence-electron chi connectivity index (χ3n) is 4.49. The lowest BCUT2D eigenvalue weighted by Gasteiger charge is -2.27. The van der Waals surface area contributed by atoms with Crippen molar-refractivity contribution in [3.05, 3.63) is 11.1 Å². The topological polar surface area (TPSA) is 80.0 Å². The normalized spacial score (nSPS) is 25.6. The van der Waals surface area contributed by atoms with Crippen LogP contribution in [0.15, 0.2) is 5.38 Å². The number of nitrogens with zero attached hydrogens (tertiary/aromatic N) is 1. The largest absolute Gasteiger partial charge is 0.359 e. The van der Waals surface area contributed by atoms with E-state index >= 15 is 0 Å². The molecule has 0 aromatic carbocycles. The molecule has 116 valence electrons. The third-order valence-corrected chi connectivity index (χ3v) is 5.27. The molecule has 4 N–H and O–H groups in total. The molecule has 0 unspecified atom stereocenters. The molecule has 0 atom stereocenters. The van der Waals surface area contributed by atoms with Gasteiger partial charge in [0, 0.05) is 18.0 Å². The van der Waals surface area contributed by atoms with Crippen LogP contribution in [0.4, 0.5) is 5.13 Å². The van der Waals surface area contributed by atoms with Crippen molar-refractivity contribution in [3.8, 4) is 0 Å². The Labute approximate surface area is 129 Å². The van der Waals surface area contributed by atoms with Gasteiger partial charge in [0.1, 0.15) is 5.69 Å². The first-order chi connectivity index (χ1) is 10.2. The molecule has 2 aliphatic carbocycles. The number of carbonyl (C=O) groups is 1. The van der Waals surface area contributed by atoms with Crippen LogP contribution in [0, 0.1) is 11.8 Å². The van der Waals surface area contributed by atoms with Crippen LogP contribution >= 0.6 is 11.3 Å². The fourth-order valence-electron chi connectivity index (χ4n) is 2.85. The number of nitrogens with one attached hydrogen (secondary N) is 2. The van der Waals surface area contributed by atoms with Crippen LogP contribution in [0.1, 0.15) is 49.0 Å². The minimum atomic E-state index is -0.0453. The summed E-state index contributed by atoms with van der Waals surface area (Å²) < 4.78 is 0. The van der Waals surface area contributed by atoms with Crippen molar-refractivity contribution in [2.45, 2.75) is 44.6 Å². The van der Waals surface area contributed by atoms with Crippen LogP contribution in [0.2, 0.25) is 0 Å². The molecule has 1 aromatic heterocycles. The quantitative estimate of drug-likeness (QED) is 0.753. The van der Waals surface area contributed by atoms with Crippen molar-refractivity contribution >= 4 is 22.4 Å². The zero-order valence-electron chi connectivity index (χ0n) is 12.3. The van der Waals surface area contributed by atoms with Crippen molar-refractivity contribution in [2.75, 3.05) is 18.4 Å². The fourth-order valence-corrected chi connectivity index (χ4v) is 3.61. The van der Waals surface area contributed by atoms with Crippen molar-refractivity contribution in [3.63, 3.8) is 0 Å². The zero-order chi connectivity index (χ0) is 14.7. The third kappa shape index (κ3) is 4.17. The van der Waals surface area contributed by atoms with E-state index in [0.29, 0.717) is 23.6 Å². The molecule has 1 aromatic rings. The molecule has 2 aliphatic rings. The summed E-state index contributed by atoms with van der Waals surface area (Å²) in [6.07, 6.45) is 7.17. The van der Waals surface area contributed by atoms with Gasteiger partial charge >= 0.3 is 0 Å². The Morgan fingerprint density at radius 1 is 1.24 bits per heavy atom. The summed E-state index contributed by atoms with van der Waals surface area (Å²) in [5.41, 5.74) is 6.25. The van der Waals surface area contributed by atoms with Crippen molar-refractivity contribution in [2.24, 2.45) is 17.6 Å². The Kier molecular flexibility index (Phi) is 4.75. The Morgan fingerprint density at radius 2 is 1.95 bits per heavy atom. The lowest BCUT2D eigenvalue weighted by molar-refractivity contribution is 0.0937. The molecule has 1 heterocycles. The number of hydrogen-bond acceptors (Lipinski definition) is 5. The number of amides is 1. The molecular formula is C15H24N4OS. The number of aromatic nitrogens is 1. The molecule has 3 rings (SSSR count). The Hall–Kier alpha value is -1.14. The second-order valence-electron chi connectivity index (χ2n) is 6.29. The smallest absolute Gasteiger partial charge is 0.270 e. The number of thiazole rings is 1. The molecule has 0 bridgehead atoms. The summed E-state index contributed by atoms with van der Waals surface area (Å²) in [6.45, 7) is 1.56. The maximum atomic E-state index is 12.1. The van der Waals surface area contributed by atoms with Gasteiger partial charge in [0.05, 0.1) is 0 Å². The van der Waals surface area contributed by atoms with Gasteiger partial charge in [-0.05, 0) is 56.9 Å². The maximum Gasteiger partial charge on any atom is 0.270 e. The molecule has 5 nitrogen and oxygen atoms in total. The molecule has 2 saturated carbocycles. The molecule has 6 heteroatoms. The highest BCUT2D eigenvalue weighted by Crippen LogP contribution is 2.28. The van der Waals surface area contributed by atoms with E-state index in [2.05, 4.69) is 15.6 Å². The SMILES string of the molecule is NCC1CCC(CNC(=O)c2csc(NC3CC3)n2)CC1. The van der Waals surface area contributed by atoms with E-state index < -0.39 is 0 Å². The van der Waals surface area contributed by atoms with Crippen LogP contribution in [-0.4, -0.2) is 30.0 Å². The monoisotopic (exact) mass is 308 g/mol. The highest BCUT2D eigenvalue weighted by molar-refractivity contribution is 7.13. The van der Waals surface area contributed by atoms with Crippen LogP contribution in [0.5, 0.6) is 0 Å². The molecule has 21 heavy (non-hydrogen) atoms. The number of anilines is 1. The second-order valence-corrected chi connectivity index (χ2v) is 7.15. The van der Waals surface area contributed by atoms with Gasteiger partial charge in [-0.2, -0.15) is 0 Å². The lowest BCUT2D eigenvalue weighted by atomic mass is 9.82.